The van der Waals surface area contributed by atoms with E-state index in [1.165, 1.54) is 94.6 Å². The van der Waals surface area contributed by atoms with E-state index in [4.69, 9.17) is 28.9 Å². The summed E-state index contributed by atoms with van der Waals surface area (Å²) < 4.78 is 28.1. The lowest BCUT2D eigenvalue weighted by Gasteiger charge is -2.13. The Morgan fingerprint density at radius 2 is 0.920 bits per heavy atom. The van der Waals surface area contributed by atoms with Crippen LogP contribution in [0.3, 0.4) is 0 Å². The number of hydrogen-bond donors (Lipinski definition) is 0. The lowest BCUT2D eigenvalue weighted by atomic mass is 9.94. The minimum Gasteiger partial charge on any atom is -0.494 e. The summed E-state index contributed by atoms with van der Waals surface area (Å²) in [6, 6.07) is 42.6. The number of carbonyl (C=O) groups is 1. The fourth-order valence-electron chi connectivity index (χ4n) is 8.46. The maximum absolute atomic E-state index is 11.6. The molecule has 75 heavy (non-hydrogen) atoms. The van der Waals surface area contributed by atoms with Crippen LogP contribution in [0.2, 0.25) is 0 Å². The predicted molar refractivity (Wildman–Crippen MR) is 313 cm³/mol. The van der Waals surface area contributed by atoms with Crippen molar-refractivity contribution in [3.05, 3.63) is 149 Å². The average molecular weight is 1020 g/mol. The lowest BCUT2D eigenvalue weighted by molar-refractivity contribution is -0.148. The fourth-order valence-corrected chi connectivity index (χ4v) is 8.46. The summed E-state index contributed by atoms with van der Waals surface area (Å²) in [7, 11) is 0. The third-order valence-corrected chi connectivity index (χ3v) is 13.6. The van der Waals surface area contributed by atoms with E-state index in [9.17, 15) is 4.79 Å². The number of benzene rings is 5. The Morgan fingerprint density at radius 1 is 0.493 bits per heavy atom. The Labute approximate surface area is 454 Å². The van der Waals surface area contributed by atoms with Gasteiger partial charge < -0.3 is 23.7 Å². The second kappa shape index (κ2) is 40.3. The summed E-state index contributed by atoms with van der Waals surface area (Å²) in [4.78, 5) is 16.2. The molecule has 0 bridgehead atoms. The van der Waals surface area contributed by atoms with E-state index < -0.39 is 0 Å². The number of aliphatic imine (C=N–C) groups is 1. The number of unbranched alkanes of at least 4 members (excludes halogenated alkanes) is 11. The molecule has 5 aromatic carbocycles. The van der Waals surface area contributed by atoms with Crippen molar-refractivity contribution in [2.24, 2.45) is 10.9 Å². The standard InChI is InChI=1S/C30H41NO4.C24H33NO.C13H20O/c1-3-25(2)30(32)34-22-12-10-8-6-4-5-7-9-11-21-33-28-19-15-27(16-20-28)24-35-29-17-13-26(23-31)14-18-29;1-4-7-8-9-18-26-24-16-10-20(11-17-24)19-25-23-14-12-22(13-15-23)21(5-2)6-3;1-4-11(5-2)12-7-9-13(10-8-12)14-6-3/h13-20,25H,3-12,21-22,24H2,1-2H3;10-17,19,21H,4-9,18H2,1-3H3;7-11H,4-6H2,1-3H3. The van der Waals surface area contributed by atoms with E-state index in [-0.39, 0.29) is 11.9 Å². The molecule has 1 unspecified atom stereocenters. The number of hydrogen-bond acceptors (Lipinski definition) is 8. The topological polar surface area (TPSA) is 99.4 Å². The number of rotatable bonds is 34. The monoisotopic (exact) mass is 1020 g/mol. The number of ether oxygens (including phenoxy) is 5. The SMILES string of the molecule is CCC(C)C(=O)OCCCCCCCCCCCOc1ccc(COc2ccc(C#N)cc2)cc1.CCCCCCOc1ccc(C=Nc2ccc(C(CC)CC)cc2)cc1.CCOc1ccc(C(CC)CC)cc1. The van der Waals surface area contributed by atoms with Crippen LogP contribution in [0, 0.1) is 17.2 Å². The fraction of sp³-hybridized carbons (Fsp3) is 0.507. The Kier molecular flexibility index (Phi) is 33.9. The summed E-state index contributed by atoms with van der Waals surface area (Å²) in [6.45, 7) is 20.5. The second-order valence-corrected chi connectivity index (χ2v) is 19.4. The Hall–Kier alpha value is -6.07. The van der Waals surface area contributed by atoms with Crippen LogP contribution in [0.5, 0.6) is 23.0 Å². The van der Waals surface area contributed by atoms with Gasteiger partial charge in [-0.15, -0.1) is 0 Å². The first-order chi connectivity index (χ1) is 36.7. The van der Waals surface area contributed by atoms with Crippen molar-refractivity contribution < 1.29 is 28.5 Å². The minimum absolute atomic E-state index is 0.0213. The first kappa shape index (κ1) is 63.2. The lowest BCUT2D eigenvalue weighted by Crippen LogP contribution is -2.14. The molecule has 0 spiro atoms. The number of nitrogens with zero attached hydrogens (tertiary/aromatic N) is 2. The first-order valence-corrected chi connectivity index (χ1v) is 28.8. The van der Waals surface area contributed by atoms with E-state index in [0.717, 1.165) is 91.7 Å². The first-order valence-electron chi connectivity index (χ1n) is 28.8. The summed E-state index contributed by atoms with van der Waals surface area (Å²) in [5.41, 5.74) is 6.63. The zero-order valence-electron chi connectivity index (χ0n) is 47.5. The Morgan fingerprint density at radius 3 is 1.40 bits per heavy atom. The summed E-state index contributed by atoms with van der Waals surface area (Å²) >= 11 is 0. The largest absolute Gasteiger partial charge is 0.494 e. The van der Waals surface area contributed by atoms with Gasteiger partial charge in [-0.05, 0) is 177 Å². The molecule has 1 atom stereocenters. The molecule has 0 radical (unpaired) electrons. The van der Waals surface area contributed by atoms with Crippen LogP contribution in [0.1, 0.15) is 211 Å². The normalized spacial score (nSPS) is 11.3. The summed E-state index contributed by atoms with van der Waals surface area (Å²) in [5.74, 6) is 4.88. The van der Waals surface area contributed by atoms with Gasteiger partial charge in [0.05, 0.1) is 49.7 Å². The van der Waals surface area contributed by atoms with Crippen LogP contribution in [-0.4, -0.2) is 38.6 Å². The summed E-state index contributed by atoms with van der Waals surface area (Å²) in [6.07, 6.45) is 23.2. The van der Waals surface area contributed by atoms with Crippen molar-refractivity contribution in [1.29, 1.82) is 5.26 Å². The molecule has 0 aromatic heterocycles. The molecule has 0 fully saturated rings. The highest BCUT2D eigenvalue weighted by molar-refractivity contribution is 5.82. The van der Waals surface area contributed by atoms with Gasteiger partial charge >= 0.3 is 5.97 Å². The highest BCUT2D eigenvalue weighted by Gasteiger charge is 2.11. The van der Waals surface area contributed by atoms with Crippen LogP contribution in [0.25, 0.3) is 0 Å². The molecule has 8 heteroatoms. The molecular formula is C67H94N2O6. The van der Waals surface area contributed by atoms with Gasteiger partial charge in [-0.1, -0.05) is 149 Å². The van der Waals surface area contributed by atoms with E-state index >= 15 is 0 Å². The van der Waals surface area contributed by atoms with Gasteiger partial charge in [0.25, 0.3) is 0 Å². The quantitative estimate of drug-likeness (QED) is 0.0230. The maximum atomic E-state index is 11.6. The van der Waals surface area contributed by atoms with Crippen molar-refractivity contribution in [2.45, 2.75) is 189 Å². The zero-order chi connectivity index (χ0) is 54.1. The number of carbonyl (C=O) groups excluding carboxylic acids is 1. The molecule has 5 aromatic rings. The van der Waals surface area contributed by atoms with Crippen LogP contribution in [0.15, 0.2) is 126 Å². The molecule has 408 valence electrons. The molecule has 0 amide bonds. The van der Waals surface area contributed by atoms with Crippen LogP contribution < -0.4 is 18.9 Å². The molecule has 0 saturated carbocycles. The number of esters is 1. The Balaban J connectivity index is 0.000000324. The highest BCUT2D eigenvalue weighted by atomic mass is 16.5. The molecule has 0 aliphatic carbocycles. The van der Waals surface area contributed by atoms with Gasteiger partial charge in [0.1, 0.15) is 29.6 Å². The van der Waals surface area contributed by atoms with Gasteiger partial charge in [0.15, 0.2) is 0 Å². The molecule has 8 nitrogen and oxygen atoms in total. The van der Waals surface area contributed by atoms with Crippen molar-refractivity contribution >= 4 is 17.9 Å². The van der Waals surface area contributed by atoms with Crippen molar-refractivity contribution in [2.75, 3.05) is 26.4 Å². The van der Waals surface area contributed by atoms with E-state index in [2.05, 4.69) is 106 Å². The van der Waals surface area contributed by atoms with Crippen molar-refractivity contribution in [1.82, 2.24) is 0 Å². The Bertz CT molecular complexity index is 2240. The van der Waals surface area contributed by atoms with E-state index in [1.54, 1.807) is 12.1 Å². The highest BCUT2D eigenvalue weighted by Crippen LogP contribution is 2.27. The molecular weight excluding hydrogens is 929 g/mol. The zero-order valence-corrected chi connectivity index (χ0v) is 47.5. The predicted octanol–water partition coefficient (Wildman–Crippen LogP) is 18.9. The molecule has 0 saturated heterocycles. The summed E-state index contributed by atoms with van der Waals surface area (Å²) in [5, 5.41) is 8.84. The second-order valence-electron chi connectivity index (χ2n) is 19.4. The van der Waals surface area contributed by atoms with Crippen molar-refractivity contribution in [3.8, 4) is 29.1 Å². The third kappa shape index (κ3) is 27.3. The molecule has 0 aliphatic heterocycles. The van der Waals surface area contributed by atoms with Crippen LogP contribution >= 0.6 is 0 Å². The van der Waals surface area contributed by atoms with Gasteiger partial charge in [0.2, 0.25) is 0 Å². The van der Waals surface area contributed by atoms with Gasteiger partial charge in [-0.2, -0.15) is 5.26 Å². The molecule has 0 N–H and O–H groups in total. The van der Waals surface area contributed by atoms with Gasteiger partial charge in [0, 0.05) is 6.21 Å². The number of nitriles is 1. The maximum Gasteiger partial charge on any atom is 0.308 e. The van der Waals surface area contributed by atoms with Gasteiger partial charge in [-0.3, -0.25) is 9.79 Å². The molecule has 0 heterocycles. The van der Waals surface area contributed by atoms with E-state index in [1.807, 2.05) is 75.5 Å². The smallest absolute Gasteiger partial charge is 0.308 e. The third-order valence-electron chi connectivity index (χ3n) is 13.6. The van der Waals surface area contributed by atoms with Gasteiger partial charge in [-0.25, -0.2) is 0 Å². The van der Waals surface area contributed by atoms with Crippen LogP contribution in [-0.2, 0) is 16.1 Å². The average Bonchev–Trinajstić information content (AvgIpc) is 3.45. The minimum atomic E-state index is -0.0563. The molecule has 5 rings (SSSR count). The van der Waals surface area contributed by atoms with Crippen molar-refractivity contribution in [3.63, 3.8) is 0 Å². The molecule has 0 aliphatic rings. The van der Waals surface area contributed by atoms with E-state index in [0.29, 0.717) is 30.6 Å². The van der Waals surface area contributed by atoms with Crippen LogP contribution in [0.4, 0.5) is 5.69 Å².